The molecule has 0 rings (SSSR count). The van der Waals surface area contributed by atoms with Crippen molar-refractivity contribution in [2.75, 3.05) is 0 Å². The molecule has 0 aromatic heterocycles. The predicted molar refractivity (Wildman–Crippen MR) is 21.6 cm³/mol. The Kier molecular flexibility index (Phi) is 41.6. The van der Waals surface area contributed by atoms with Crippen molar-refractivity contribution in [1.29, 1.82) is 0 Å². The van der Waals surface area contributed by atoms with Gasteiger partial charge in [-0.15, -0.1) is 12.8 Å². The van der Waals surface area contributed by atoms with Gasteiger partial charge in [-0.2, -0.15) is 0 Å². The van der Waals surface area contributed by atoms with E-state index in [-0.39, 0.29) is 0 Å². The zero-order valence-corrected chi connectivity index (χ0v) is 4.67. The summed E-state index contributed by atoms with van der Waals surface area (Å²) in [6, 6.07) is 0. The normalized spacial score (nSPS) is 4.80. The molecule has 3 heteroatoms. The van der Waals surface area contributed by atoms with Crippen LogP contribution in [-0.4, -0.2) is 0 Å². The van der Waals surface area contributed by atoms with E-state index in [1.54, 1.807) is 0 Å². The molecule has 0 spiro atoms. The van der Waals surface area contributed by atoms with Gasteiger partial charge in [0.2, 0.25) is 0 Å². The van der Waals surface area contributed by atoms with Gasteiger partial charge >= 0.3 is 33.3 Å². The zero-order valence-electron chi connectivity index (χ0n) is 2.21. The SMILES string of the molecule is C#C.[Cl][Cu][Cl]. The first-order chi connectivity index (χ1) is 2.41. The average Bonchev–Trinajstić information content (AvgIpc) is 1.46. The van der Waals surface area contributed by atoms with Crippen LogP contribution in [0.3, 0.4) is 0 Å². The predicted octanol–water partition coefficient (Wildman–Crippen LogP) is 1.63. The van der Waals surface area contributed by atoms with E-state index < -0.39 is 0 Å². The van der Waals surface area contributed by atoms with Crippen LogP contribution < -0.4 is 0 Å². The molecule has 0 saturated heterocycles. The van der Waals surface area contributed by atoms with Crippen LogP contribution in [0.5, 0.6) is 0 Å². The summed E-state index contributed by atoms with van der Waals surface area (Å²) in [4.78, 5) is 0. The molecule has 0 nitrogen and oxygen atoms in total. The summed E-state index contributed by atoms with van der Waals surface area (Å²) < 4.78 is 0. The molecule has 0 aliphatic heterocycles. The Labute approximate surface area is 46.5 Å². The Bertz CT molecular complexity index is 18.9. The number of hydrogen-bond donors (Lipinski definition) is 0. The molecule has 0 aromatic rings. The molecule has 0 aliphatic carbocycles. The van der Waals surface area contributed by atoms with Crippen molar-refractivity contribution in [3.63, 3.8) is 0 Å². The first-order valence-electron chi connectivity index (χ1n) is 0.561. The average molecular weight is 160 g/mol. The van der Waals surface area contributed by atoms with Crippen molar-refractivity contribution in [1.82, 2.24) is 0 Å². The first kappa shape index (κ1) is 9.18. The van der Waals surface area contributed by atoms with Gasteiger partial charge in [0, 0.05) is 0 Å². The second-order valence-electron chi connectivity index (χ2n) is 0.0431. The molecule has 5 heavy (non-hydrogen) atoms. The summed E-state index contributed by atoms with van der Waals surface area (Å²) in [7, 11) is 9.34. The van der Waals surface area contributed by atoms with Crippen molar-refractivity contribution in [2.45, 2.75) is 0 Å². The molecule has 0 radical (unpaired) electrons. The van der Waals surface area contributed by atoms with E-state index in [0.717, 1.165) is 13.1 Å². The monoisotopic (exact) mass is 159 g/mol. The van der Waals surface area contributed by atoms with Crippen LogP contribution in [0.1, 0.15) is 0 Å². The van der Waals surface area contributed by atoms with E-state index in [4.69, 9.17) is 0 Å². The van der Waals surface area contributed by atoms with Gasteiger partial charge in [0.1, 0.15) is 0 Å². The summed E-state index contributed by atoms with van der Waals surface area (Å²) in [6.45, 7) is 0. The minimum atomic E-state index is 0.757. The third-order valence-corrected chi connectivity index (χ3v) is 0. The van der Waals surface area contributed by atoms with Gasteiger partial charge in [0.25, 0.3) is 0 Å². The standard InChI is InChI=1S/C2H2.2ClH.Cu/c1-2;;;/h1-2H;2*1H;/q;;;+2/p-2. The van der Waals surface area contributed by atoms with Crippen molar-refractivity contribution < 1.29 is 13.1 Å². The molecule has 0 unspecified atom stereocenters. The fraction of sp³-hybridized carbons (Fsp3) is 0. The molecule has 0 aliphatic rings. The molecular weight excluding hydrogens is 158 g/mol. The van der Waals surface area contributed by atoms with E-state index in [1.165, 1.54) is 0 Å². The van der Waals surface area contributed by atoms with Gasteiger partial charge < -0.3 is 0 Å². The summed E-state index contributed by atoms with van der Waals surface area (Å²) >= 11 is 0.757. The van der Waals surface area contributed by atoms with E-state index >= 15 is 0 Å². The molecular formula is C2H2Cl2Cu. The molecule has 0 atom stereocenters. The van der Waals surface area contributed by atoms with Gasteiger partial charge in [-0.05, 0) is 0 Å². The molecule has 0 saturated carbocycles. The Morgan fingerprint density at radius 2 is 1.20 bits per heavy atom. The van der Waals surface area contributed by atoms with E-state index in [0.29, 0.717) is 0 Å². The Hall–Kier alpha value is 0.659. The Balaban J connectivity index is 0. The summed E-state index contributed by atoms with van der Waals surface area (Å²) in [5, 5.41) is 0. The Morgan fingerprint density at radius 1 is 1.20 bits per heavy atom. The molecule has 0 heterocycles. The number of halogens is 2. The molecule has 0 bridgehead atoms. The van der Waals surface area contributed by atoms with E-state index in [2.05, 4.69) is 33.0 Å². The van der Waals surface area contributed by atoms with Crippen LogP contribution in [0.2, 0.25) is 0 Å². The molecule has 35 valence electrons. The first-order valence-corrected chi connectivity index (χ1v) is 3.15. The zero-order chi connectivity index (χ0) is 4.71. The topological polar surface area (TPSA) is 0 Å². The number of rotatable bonds is 0. The molecule has 0 fully saturated rings. The van der Waals surface area contributed by atoms with Crippen LogP contribution in [0, 0.1) is 12.8 Å². The van der Waals surface area contributed by atoms with Crippen molar-refractivity contribution in [2.24, 2.45) is 0 Å². The van der Waals surface area contributed by atoms with E-state index in [9.17, 15) is 0 Å². The van der Waals surface area contributed by atoms with E-state index in [1.807, 2.05) is 0 Å². The van der Waals surface area contributed by atoms with Crippen LogP contribution in [0.15, 0.2) is 0 Å². The third-order valence-electron chi connectivity index (χ3n) is 0. The van der Waals surface area contributed by atoms with Gasteiger partial charge in [-0.25, -0.2) is 0 Å². The molecule has 0 amide bonds. The number of hydrogen-bond acceptors (Lipinski definition) is 0. The van der Waals surface area contributed by atoms with Crippen LogP contribution >= 0.6 is 20.2 Å². The van der Waals surface area contributed by atoms with Crippen LogP contribution in [-0.2, 0) is 13.1 Å². The fourth-order valence-corrected chi connectivity index (χ4v) is 0. The molecule has 0 aromatic carbocycles. The Morgan fingerprint density at radius 3 is 1.20 bits per heavy atom. The van der Waals surface area contributed by atoms with Crippen molar-refractivity contribution >= 4 is 20.2 Å². The number of terminal acetylenes is 1. The van der Waals surface area contributed by atoms with Gasteiger partial charge in [0.05, 0.1) is 0 Å². The van der Waals surface area contributed by atoms with Gasteiger partial charge in [-0.1, -0.05) is 0 Å². The second kappa shape index (κ2) is 22.7. The summed E-state index contributed by atoms with van der Waals surface area (Å²) in [5.74, 6) is 0. The minimum absolute atomic E-state index is 0.757. The summed E-state index contributed by atoms with van der Waals surface area (Å²) in [6.07, 6.45) is 8.00. The maximum atomic E-state index is 4.67. The quantitative estimate of drug-likeness (QED) is 0.373. The van der Waals surface area contributed by atoms with Gasteiger partial charge in [0.15, 0.2) is 0 Å². The van der Waals surface area contributed by atoms with Gasteiger partial charge in [-0.3, -0.25) is 0 Å². The van der Waals surface area contributed by atoms with Crippen LogP contribution in [0.4, 0.5) is 0 Å². The molecule has 0 N–H and O–H groups in total. The maximum absolute atomic E-state index is 4.67. The summed E-state index contributed by atoms with van der Waals surface area (Å²) in [5.41, 5.74) is 0. The van der Waals surface area contributed by atoms with Crippen LogP contribution in [0.25, 0.3) is 0 Å². The second-order valence-corrected chi connectivity index (χ2v) is 1.60. The van der Waals surface area contributed by atoms with Crippen molar-refractivity contribution in [3.8, 4) is 12.8 Å². The fourth-order valence-electron chi connectivity index (χ4n) is 0. The third kappa shape index (κ3) is 75.8. The van der Waals surface area contributed by atoms with Crippen molar-refractivity contribution in [3.05, 3.63) is 0 Å².